The van der Waals surface area contributed by atoms with Crippen molar-refractivity contribution in [2.24, 2.45) is 0 Å². The maximum atomic E-state index is 12.0. The van der Waals surface area contributed by atoms with Crippen molar-refractivity contribution in [2.45, 2.75) is 46.1 Å². The van der Waals surface area contributed by atoms with Gasteiger partial charge in [-0.15, -0.1) is 11.3 Å². The Balaban J connectivity index is 2.69. The SMILES string of the molecule is Cc1nc(C(=O)NC(C)(C)CCC(=O)O)c(C)s1. The number of aryl methyl sites for hydroxylation is 2. The van der Waals surface area contributed by atoms with E-state index in [0.717, 1.165) is 9.88 Å². The molecule has 1 amide bonds. The smallest absolute Gasteiger partial charge is 0.303 e. The van der Waals surface area contributed by atoms with Crippen LogP contribution in [0.15, 0.2) is 0 Å². The minimum Gasteiger partial charge on any atom is -0.481 e. The summed E-state index contributed by atoms with van der Waals surface area (Å²) in [5.74, 6) is -1.11. The molecule has 0 atom stereocenters. The Bertz CT molecular complexity index is 466. The van der Waals surface area contributed by atoms with Crippen LogP contribution in [0, 0.1) is 13.8 Å². The molecule has 100 valence electrons. The lowest BCUT2D eigenvalue weighted by Crippen LogP contribution is -2.44. The molecule has 18 heavy (non-hydrogen) atoms. The van der Waals surface area contributed by atoms with E-state index in [1.54, 1.807) is 0 Å². The largest absolute Gasteiger partial charge is 0.481 e. The van der Waals surface area contributed by atoms with Gasteiger partial charge < -0.3 is 10.4 Å². The number of carboxylic acid groups (broad SMARTS) is 1. The first kappa shape index (κ1) is 14.6. The van der Waals surface area contributed by atoms with Crippen LogP contribution in [0.2, 0.25) is 0 Å². The van der Waals surface area contributed by atoms with Gasteiger partial charge in [0.25, 0.3) is 5.91 Å². The highest BCUT2D eigenvalue weighted by Gasteiger charge is 2.24. The lowest BCUT2D eigenvalue weighted by molar-refractivity contribution is -0.137. The van der Waals surface area contributed by atoms with Gasteiger partial charge in [0.1, 0.15) is 5.69 Å². The summed E-state index contributed by atoms with van der Waals surface area (Å²) >= 11 is 1.48. The maximum absolute atomic E-state index is 12.0. The fourth-order valence-corrected chi connectivity index (χ4v) is 2.40. The van der Waals surface area contributed by atoms with Gasteiger partial charge in [-0.25, -0.2) is 4.98 Å². The molecule has 5 nitrogen and oxygen atoms in total. The van der Waals surface area contributed by atoms with E-state index >= 15 is 0 Å². The van der Waals surface area contributed by atoms with Gasteiger partial charge in [0.15, 0.2) is 0 Å². The van der Waals surface area contributed by atoms with Crippen LogP contribution in [0.1, 0.15) is 47.1 Å². The minimum atomic E-state index is -0.863. The summed E-state index contributed by atoms with van der Waals surface area (Å²) < 4.78 is 0. The maximum Gasteiger partial charge on any atom is 0.303 e. The summed E-state index contributed by atoms with van der Waals surface area (Å²) in [6.45, 7) is 7.32. The van der Waals surface area contributed by atoms with Crippen molar-refractivity contribution >= 4 is 23.2 Å². The molecule has 0 aromatic carbocycles. The average Bonchev–Trinajstić information content (AvgIpc) is 2.54. The van der Waals surface area contributed by atoms with Crippen LogP contribution < -0.4 is 5.32 Å². The third-order valence-electron chi connectivity index (χ3n) is 2.53. The highest BCUT2D eigenvalue weighted by atomic mass is 32.1. The van der Waals surface area contributed by atoms with Crippen LogP contribution in [0.5, 0.6) is 0 Å². The van der Waals surface area contributed by atoms with E-state index in [-0.39, 0.29) is 12.3 Å². The Morgan fingerprint density at radius 3 is 2.44 bits per heavy atom. The number of nitrogens with one attached hydrogen (secondary N) is 1. The van der Waals surface area contributed by atoms with Crippen molar-refractivity contribution in [3.05, 3.63) is 15.6 Å². The number of hydrogen-bond donors (Lipinski definition) is 2. The van der Waals surface area contributed by atoms with Crippen molar-refractivity contribution < 1.29 is 14.7 Å². The zero-order valence-corrected chi connectivity index (χ0v) is 11.8. The molecule has 0 radical (unpaired) electrons. The summed E-state index contributed by atoms with van der Waals surface area (Å²) in [5.41, 5.74) is -0.125. The van der Waals surface area contributed by atoms with Crippen LogP contribution >= 0.6 is 11.3 Å². The summed E-state index contributed by atoms with van der Waals surface area (Å²) in [7, 11) is 0. The number of nitrogens with zero attached hydrogens (tertiary/aromatic N) is 1. The van der Waals surface area contributed by atoms with Gasteiger partial charge in [-0.2, -0.15) is 0 Å². The molecule has 1 heterocycles. The molecule has 6 heteroatoms. The fourth-order valence-electron chi connectivity index (χ4n) is 1.59. The third-order valence-corrected chi connectivity index (χ3v) is 3.42. The van der Waals surface area contributed by atoms with Crippen LogP contribution in [0.4, 0.5) is 0 Å². The van der Waals surface area contributed by atoms with E-state index in [1.807, 2.05) is 27.7 Å². The normalized spacial score (nSPS) is 11.3. The van der Waals surface area contributed by atoms with Gasteiger partial charge in [-0.3, -0.25) is 9.59 Å². The molecular formula is C12H18N2O3S. The predicted molar refractivity (Wildman–Crippen MR) is 70.0 cm³/mol. The van der Waals surface area contributed by atoms with Crippen molar-refractivity contribution in [3.8, 4) is 0 Å². The molecule has 0 fully saturated rings. The standard InChI is InChI=1S/C12H18N2O3S/c1-7-10(13-8(2)18-7)11(17)14-12(3,4)6-5-9(15)16/h5-6H2,1-4H3,(H,14,17)(H,15,16). The molecule has 0 aliphatic carbocycles. The first-order valence-corrected chi connectivity index (χ1v) is 6.51. The van der Waals surface area contributed by atoms with E-state index < -0.39 is 11.5 Å². The average molecular weight is 270 g/mol. The molecule has 2 N–H and O–H groups in total. The lowest BCUT2D eigenvalue weighted by atomic mass is 9.98. The first-order valence-electron chi connectivity index (χ1n) is 5.69. The second-order valence-electron chi connectivity index (χ2n) is 4.87. The zero-order valence-electron chi connectivity index (χ0n) is 11.0. The number of thiazole rings is 1. The Labute approximate surface area is 110 Å². The summed E-state index contributed by atoms with van der Waals surface area (Å²) in [6, 6.07) is 0. The first-order chi connectivity index (χ1) is 8.21. The molecule has 0 bridgehead atoms. The number of hydrogen-bond acceptors (Lipinski definition) is 4. The highest BCUT2D eigenvalue weighted by Crippen LogP contribution is 2.18. The van der Waals surface area contributed by atoms with E-state index in [0.29, 0.717) is 12.1 Å². The molecule has 1 aromatic rings. The molecular weight excluding hydrogens is 252 g/mol. The number of amides is 1. The number of carboxylic acids is 1. The topological polar surface area (TPSA) is 79.3 Å². The Hall–Kier alpha value is -1.43. The summed E-state index contributed by atoms with van der Waals surface area (Å²) in [5, 5.41) is 12.3. The van der Waals surface area contributed by atoms with E-state index in [9.17, 15) is 9.59 Å². The number of aromatic nitrogens is 1. The summed E-state index contributed by atoms with van der Waals surface area (Å²) in [6.07, 6.45) is 0.415. The van der Waals surface area contributed by atoms with Gasteiger partial charge in [-0.1, -0.05) is 0 Å². The number of aliphatic carboxylic acids is 1. The minimum absolute atomic E-state index is 0.0301. The van der Waals surface area contributed by atoms with Gasteiger partial charge in [-0.05, 0) is 34.1 Å². The molecule has 1 aromatic heterocycles. The van der Waals surface area contributed by atoms with E-state index in [4.69, 9.17) is 5.11 Å². The third kappa shape index (κ3) is 4.10. The van der Waals surface area contributed by atoms with Gasteiger partial charge >= 0.3 is 5.97 Å². The Morgan fingerprint density at radius 2 is 2.00 bits per heavy atom. The monoisotopic (exact) mass is 270 g/mol. The highest BCUT2D eigenvalue weighted by molar-refractivity contribution is 7.11. The number of carbonyl (C=O) groups excluding carboxylic acids is 1. The predicted octanol–water partition coefficient (Wildman–Crippen LogP) is 2.13. The van der Waals surface area contributed by atoms with Crippen molar-refractivity contribution in [1.29, 1.82) is 0 Å². The molecule has 0 spiro atoms. The van der Waals surface area contributed by atoms with Gasteiger partial charge in [0, 0.05) is 16.8 Å². The Morgan fingerprint density at radius 1 is 1.39 bits per heavy atom. The quantitative estimate of drug-likeness (QED) is 0.859. The van der Waals surface area contributed by atoms with Crippen LogP contribution in [-0.4, -0.2) is 27.5 Å². The lowest BCUT2D eigenvalue weighted by Gasteiger charge is -2.25. The zero-order chi connectivity index (χ0) is 13.9. The molecule has 0 saturated heterocycles. The van der Waals surface area contributed by atoms with Gasteiger partial charge in [0.2, 0.25) is 0 Å². The molecule has 0 unspecified atom stereocenters. The van der Waals surface area contributed by atoms with E-state index in [2.05, 4.69) is 10.3 Å². The van der Waals surface area contributed by atoms with Crippen molar-refractivity contribution in [1.82, 2.24) is 10.3 Å². The second kappa shape index (κ2) is 5.48. The number of rotatable bonds is 5. The molecule has 1 rings (SSSR count). The van der Waals surface area contributed by atoms with Crippen LogP contribution in [0.25, 0.3) is 0 Å². The summed E-state index contributed by atoms with van der Waals surface area (Å²) in [4.78, 5) is 27.6. The van der Waals surface area contributed by atoms with E-state index in [1.165, 1.54) is 11.3 Å². The molecule has 0 aliphatic rings. The fraction of sp³-hybridized carbons (Fsp3) is 0.583. The van der Waals surface area contributed by atoms with Crippen molar-refractivity contribution in [3.63, 3.8) is 0 Å². The molecule has 0 saturated carbocycles. The number of carbonyl (C=O) groups is 2. The second-order valence-corrected chi connectivity index (χ2v) is 6.28. The Kier molecular flexibility index (Phi) is 4.45. The van der Waals surface area contributed by atoms with Crippen molar-refractivity contribution in [2.75, 3.05) is 0 Å². The van der Waals surface area contributed by atoms with Crippen LogP contribution in [0.3, 0.4) is 0 Å². The molecule has 0 aliphatic heterocycles. The van der Waals surface area contributed by atoms with Gasteiger partial charge in [0.05, 0.1) is 5.01 Å². The van der Waals surface area contributed by atoms with Crippen LogP contribution in [-0.2, 0) is 4.79 Å².